The summed E-state index contributed by atoms with van der Waals surface area (Å²) in [7, 11) is 0. The first-order valence-corrected chi connectivity index (χ1v) is 11.5. The van der Waals surface area contributed by atoms with Gasteiger partial charge in [-0.15, -0.1) is 5.10 Å². The Labute approximate surface area is 192 Å². The molecule has 33 heavy (non-hydrogen) atoms. The van der Waals surface area contributed by atoms with Gasteiger partial charge in [0.15, 0.2) is 0 Å². The lowest BCUT2D eigenvalue weighted by atomic mass is 9.78. The van der Waals surface area contributed by atoms with Gasteiger partial charge in [-0.2, -0.15) is 0 Å². The summed E-state index contributed by atoms with van der Waals surface area (Å²) in [6.45, 7) is 6.04. The molecule has 0 N–H and O–H groups in total. The molecule has 0 bridgehead atoms. The molecular weight excluding hydrogens is 423 g/mol. The monoisotopic (exact) mass is 452 g/mol. The van der Waals surface area contributed by atoms with E-state index in [2.05, 4.69) is 10.3 Å². The number of fused-ring (bicyclic) bond motifs is 1. The zero-order chi connectivity index (χ0) is 23.4. The van der Waals surface area contributed by atoms with Crippen molar-refractivity contribution in [3.05, 3.63) is 59.4 Å². The predicted molar refractivity (Wildman–Crippen MR) is 122 cm³/mol. The molecule has 1 aromatic heterocycles. The zero-order valence-corrected chi connectivity index (χ0v) is 19.0. The van der Waals surface area contributed by atoms with Crippen molar-refractivity contribution in [3.8, 4) is 0 Å². The highest BCUT2D eigenvalue weighted by molar-refractivity contribution is 5.97. The van der Waals surface area contributed by atoms with Crippen molar-refractivity contribution in [3.63, 3.8) is 0 Å². The maximum atomic E-state index is 13.5. The van der Waals surface area contributed by atoms with E-state index in [0.717, 1.165) is 30.5 Å². The molecule has 1 amide bonds. The van der Waals surface area contributed by atoms with Crippen LogP contribution in [0, 0.1) is 11.7 Å². The first-order valence-electron chi connectivity index (χ1n) is 11.5. The number of carbonyl (C=O) groups is 2. The Hall–Kier alpha value is -3.29. The van der Waals surface area contributed by atoms with Crippen LogP contribution >= 0.6 is 0 Å². The Morgan fingerprint density at radius 1 is 1.12 bits per heavy atom. The van der Waals surface area contributed by atoms with Crippen LogP contribution in [-0.2, 0) is 16.1 Å². The molecule has 7 nitrogen and oxygen atoms in total. The smallest absolute Gasteiger partial charge is 0.306 e. The van der Waals surface area contributed by atoms with Gasteiger partial charge in [-0.1, -0.05) is 17.3 Å². The molecule has 1 aliphatic heterocycles. The van der Waals surface area contributed by atoms with Crippen molar-refractivity contribution in [1.29, 1.82) is 0 Å². The van der Waals surface area contributed by atoms with Crippen molar-refractivity contribution in [1.82, 2.24) is 19.9 Å². The van der Waals surface area contributed by atoms with Crippen LogP contribution in [-0.4, -0.2) is 51.5 Å². The molecule has 0 radical (unpaired) electrons. The summed E-state index contributed by atoms with van der Waals surface area (Å²) in [5.41, 5.74) is 3.15. The van der Waals surface area contributed by atoms with Crippen LogP contribution in [0.5, 0.6) is 0 Å². The number of carbonyl (C=O) groups excluding carboxylic acids is 2. The quantitative estimate of drug-likeness (QED) is 0.503. The summed E-state index contributed by atoms with van der Waals surface area (Å²) < 4.78 is 20.4. The number of likely N-dealkylation sites (tertiary alicyclic amines) is 1. The van der Waals surface area contributed by atoms with Crippen LogP contribution < -0.4 is 0 Å². The second kappa shape index (κ2) is 10.1. The fourth-order valence-electron chi connectivity index (χ4n) is 4.69. The van der Waals surface area contributed by atoms with Gasteiger partial charge in [-0.3, -0.25) is 9.59 Å². The summed E-state index contributed by atoms with van der Waals surface area (Å²) >= 11 is 0. The number of rotatable bonds is 7. The van der Waals surface area contributed by atoms with E-state index >= 15 is 0 Å². The molecule has 1 saturated heterocycles. The van der Waals surface area contributed by atoms with Crippen molar-refractivity contribution in [2.24, 2.45) is 5.92 Å². The second-order valence-corrected chi connectivity index (χ2v) is 8.41. The Kier molecular flexibility index (Phi) is 7.01. The Bertz CT molecular complexity index is 1120. The average Bonchev–Trinajstić information content (AvgIpc) is 3.25. The van der Waals surface area contributed by atoms with Crippen LogP contribution in [0.15, 0.2) is 42.5 Å². The average molecular weight is 453 g/mol. The third kappa shape index (κ3) is 5.05. The normalized spacial score (nSPS) is 15.5. The number of nitrogens with zero attached hydrogens (tertiary/aromatic N) is 4. The van der Waals surface area contributed by atoms with E-state index < -0.39 is 0 Å². The summed E-state index contributed by atoms with van der Waals surface area (Å²) in [4.78, 5) is 27.2. The molecule has 1 aliphatic rings. The Balaban J connectivity index is 1.45. The highest BCUT2D eigenvalue weighted by atomic mass is 19.1. The number of amides is 1. The predicted octanol–water partition coefficient (Wildman–Crippen LogP) is 4.18. The molecule has 2 aromatic carbocycles. The van der Waals surface area contributed by atoms with Crippen molar-refractivity contribution in [2.75, 3.05) is 19.7 Å². The van der Waals surface area contributed by atoms with Crippen molar-refractivity contribution >= 4 is 22.9 Å². The van der Waals surface area contributed by atoms with Gasteiger partial charge >= 0.3 is 5.97 Å². The molecule has 1 fully saturated rings. The largest absolute Gasteiger partial charge is 0.466 e. The maximum Gasteiger partial charge on any atom is 0.306 e. The number of ether oxygens (including phenoxy) is 1. The number of aryl methyl sites for hydroxylation is 1. The van der Waals surface area contributed by atoms with E-state index in [9.17, 15) is 14.0 Å². The van der Waals surface area contributed by atoms with Gasteiger partial charge in [0.2, 0.25) is 0 Å². The highest BCUT2D eigenvalue weighted by Gasteiger charge is 2.31. The molecule has 1 unspecified atom stereocenters. The molecule has 174 valence electrons. The topological polar surface area (TPSA) is 77.3 Å². The molecule has 8 heteroatoms. The molecule has 1 atom stereocenters. The summed E-state index contributed by atoms with van der Waals surface area (Å²) in [6.07, 6.45) is 1.78. The molecule has 0 aliphatic carbocycles. The van der Waals surface area contributed by atoms with E-state index in [1.54, 1.807) is 29.8 Å². The first kappa shape index (κ1) is 22.9. The van der Waals surface area contributed by atoms with E-state index in [4.69, 9.17) is 4.74 Å². The van der Waals surface area contributed by atoms with E-state index in [-0.39, 0.29) is 36.0 Å². The first-order chi connectivity index (χ1) is 16.0. The lowest BCUT2D eigenvalue weighted by Gasteiger charge is -2.36. The molecule has 0 saturated carbocycles. The third-order valence-electron chi connectivity index (χ3n) is 6.45. The molecule has 0 spiro atoms. The van der Waals surface area contributed by atoms with Crippen LogP contribution in [0.4, 0.5) is 4.39 Å². The van der Waals surface area contributed by atoms with E-state index in [1.807, 2.05) is 24.0 Å². The molecular formula is C25H29FN4O3. The number of benzene rings is 2. The van der Waals surface area contributed by atoms with Gasteiger partial charge < -0.3 is 9.64 Å². The number of piperidine rings is 1. The molecule has 3 aromatic rings. The Morgan fingerprint density at radius 2 is 1.85 bits per heavy atom. The van der Waals surface area contributed by atoms with Crippen LogP contribution in [0.25, 0.3) is 11.0 Å². The van der Waals surface area contributed by atoms with Gasteiger partial charge in [0.25, 0.3) is 5.91 Å². The van der Waals surface area contributed by atoms with E-state index in [0.29, 0.717) is 30.8 Å². The van der Waals surface area contributed by atoms with Gasteiger partial charge in [0.05, 0.1) is 18.5 Å². The van der Waals surface area contributed by atoms with Crippen LogP contribution in [0.1, 0.15) is 54.9 Å². The summed E-state index contributed by atoms with van der Waals surface area (Å²) in [5, 5.41) is 8.27. The third-order valence-corrected chi connectivity index (χ3v) is 6.45. The second-order valence-electron chi connectivity index (χ2n) is 8.41. The van der Waals surface area contributed by atoms with Crippen molar-refractivity contribution in [2.45, 2.75) is 45.6 Å². The van der Waals surface area contributed by atoms with Gasteiger partial charge in [0, 0.05) is 25.2 Å². The summed E-state index contributed by atoms with van der Waals surface area (Å²) in [6, 6.07) is 11.9. The SMILES string of the molecule is CCOC(=O)CC(c1ccc(F)cc1)C1CCN(C(=O)c2ccc3c(c2)nnn3CC)CC1. The van der Waals surface area contributed by atoms with Gasteiger partial charge in [0.1, 0.15) is 11.3 Å². The Morgan fingerprint density at radius 3 is 2.52 bits per heavy atom. The minimum atomic E-state index is -0.301. The maximum absolute atomic E-state index is 13.5. The minimum absolute atomic E-state index is 0.0230. The number of hydrogen-bond acceptors (Lipinski definition) is 5. The molecule has 4 rings (SSSR count). The standard InChI is InChI=1S/C25H29FN4O3/c1-3-30-23-10-7-19(15-22(23)27-28-30)25(32)29-13-11-18(12-14-29)21(16-24(31)33-4-2)17-5-8-20(26)9-6-17/h5-10,15,18,21H,3-4,11-14,16H2,1-2H3. The summed E-state index contributed by atoms with van der Waals surface area (Å²) in [5.74, 6) is -0.438. The number of hydrogen-bond donors (Lipinski definition) is 0. The highest BCUT2D eigenvalue weighted by Crippen LogP contribution is 2.36. The number of esters is 1. The van der Waals surface area contributed by atoms with E-state index in [1.165, 1.54) is 12.1 Å². The van der Waals surface area contributed by atoms with Crippen molar-refractivity contribution < 1.29 is 18.7 Å². The van der Waals surface area contributed by atoms with Gasteiger partial charge in [-0.25, -0.2) is 9.07 Å². The lowest BCUT2D eigenvalue weighted by molar-refractivity contribution is -0.144. The number of halogens is 1. The fraction of sp³-hybridized carbons (Fsp3) is 0.440. The minimum Gasteiger partial charge on any atom is -0.466 e. The number of aromatic nitrogens is 3. The molecule has 2 heterocycles. The lowest BCUT2D eigenvalue weighted by Crippen LogP contribution is -2.40. The van der Waals surface area contributed by atoms with Crippen LogP contribution in [0.2, 0.25) is 0 Å². The van der Waals surface area contributed by atoms with Gasteiger partial charge in [-0.05, 0) is 74.4 Å². The fourth-order valence-corrected chi connectivity index (χ4v) is 4.69. The zero-order valence-electron chi connectivity index (χ0n) is 19.0. The van der Waals surface area contributed by atoms with Crippen LogP contribution in [0.3, 0.4) is 0 Å².